The second-order valence-electron chi connectivity index (χ2n) is 4.39. The standard InChI is InChI=1S/C11H16BrN3O2/c1-8-9(6-13-15-8)10(16)14-11(7-12)2-4-17-5-3-11/h6H,2-5,7H2,1H3,(H,13,15)(H,14,16). The fourth-order valence-electron chi connectivity index (χ4n) is 1.94. The minimum atomic E-state index is -0.195. The van der Waals surface area contributed by atoms with Gasteiger partial charge in [-0.3, -0.25) is 9.89 Å². The van der Waals surface area contributed by atoms with Crippen LogP contribution < -0.4 is 5.32 Å². The Kier molecular flexibility index (Phi) is 3.83. The zero-order valence-corrected chi connectivity index (χ0v) is 11.3. The van der Waals surface area contributed by atoms with Crippen molar-refractivity contribution >= 4 is 21.8 Å². The monoisotopic (exact) mass is 301 g/mol. The maximum absolute atomic E-state index is 12.1. The number of carbonyl (C=O) groups is 1. The van der Waals surface area contributed by atoms with E-state index in [0.717, 1.165) is 23.9 Å². The summed E-state index contributed by atoms with van der Waals surface area (Å²) < 4.78 is 5.33. The molecule has 0 bridgehead atoms. The average Bonchev–Trinajstić information content (AvgIpc) is 2.77. The summed E-state index contributed by atoms with van der Waals surface area (Å²) in [5.74, 6) is -0.0717. The van der Waals surface area contributed by atoms with Gasteiger partial charge in [-0.25, -0.2) is 0 Å². The molecule has 1 saturated heterocycles. The first-order chi connectivity index (χ1) is 8.17. The molecule has 5 nitrogen and oxygen atoms in total. The molecule has 1 aliphatic rings. The van der Waals surface area contributed by atoms with Gasteiger partial charge in [0.15, 0.2) is 0 Å². The topological polar surface area (TPSA) is 67.0 Å². The lowest BCUT2D eigenvalue weighted by Gasteiger charge is -2.36. The molecule has 1 amide bonds. The smallest absolute Gasteiger partial charge is 0.255 e. The van der Waals surface area contributed by atoms with E-state index >= 15 is 0 Å². The lowest BCUT2D eigenvalue weighted by atomic mass is 9.92. The molecule has 6 heteroatoms. The van der Waals surface area contributed by atoms with Crippen LogP contribution >= 0.6 is 15.9 Å². The summed E-state index contributed by atoms with van der Waals surface area (Å²) in [6, 6.07) is 0. The van der Waals surface area contributed by atoms with Gasteiger partial charge in [0.2, 0.25) is 0 Å². The molecule has 0 atom stereocenters. The van der Waals surface area contributed by atoms with Crippen LogP contribution in [0.15, 0.2) is 6.20 Å². The number of ether oxygens (including phenoxy) is 1. The van der Waals surface area contributed by atoms with Crippen LogP contribution in [0.2, 0.25) is 0 Å². The summed E-state index contributed by atoms with van der Waals surface area (Å²) in [7, 11) is 0. The number of carbonyl (C=O) groups excluding carboxylic acids is 1. The number of aromatic nitrogens is 2. The Hall–Kier alpha value is -0.880. The summed E-state index contributed by atoms with van der Waals surface area (Å²) in [4.78, 5) is 12.1. The molecule has 17 heavy (non-hydrogen) atoms. The van der Waals surface area contributed by atoms with E-state index in [1.807, 2.05) is 6.92 Å². The highest BCUT2D eigenvalue weighted by Gasteiger charge is 2.33. The second kappa shape index (κ2) is 5.18. The van der Waals surface area contributed by atoms with E-state index in [0.29, 0.717) is 18.8 Å². The first-order valence-corrected chi connectivity index (χ1v) is 6.75. The maximum atomic E-state index is 12.1. The molecule has 1 aromatic rings. The highest BCUT2D eigenvalue weighted by molar-refractivity contribution is 9.09. The van der Waals surface area contributed by atoms with Crippen LogP contribution in [0.1, 0.15) is 28.9 Å². The molecule has 0 aliphatic carbocycles. The van der Waals surface area contributed by atoms with E-state index < -0.39 is 0 Å². The highest BCUT2D eigenvalue weighted by atomic mass is 79.9. The van der Waals surface area contributed by atoms with Crippen LogP contribution in [0, 0.1) is 6.92 Å². The van der Waals surface area contributed by atoms with Gasteiger partial charge in [0, 0.05) is 24.2 Å². The van der Waals surface area contributed by atoms with Crippen molar-refractivity contribution in [1.82, 2.24) is 15.5 Å². The normalized spacial score (nSPS) is 18.9. The minimum Gasteiger partial charge on any atom is -0.381 e. The summed E-state index contributed by atoms with van der Waals surface area (Å²) in [6.07, 6.45) is 3.23. The van der Waals surface area contributed by atoms with E-state index in [-0.39, 0.29) is 11.4 Å². The van der Waals surface area contributed by atoms with E-state index in [1.165, 1.54) is 0 Å². The van der Waals surface area contributed by atoms with Gasteiger partial charge < -0.3 is 10.1 Å². The average molecular weight is 302 g/mol. The van der Waals surface area contributed by atoms with Gasteiger partial charge in [0.05, 0.1) is 17.3 Å². The van der Waals surface area contributed by atoms with Crippen LogP contribution in [-0.4, -0.2) is 40.2 Å². The van der Waals surface area contributed by atoms with E-state index in [9.17, 15) is 4.79 Å². The third-order valence-electron chi connectivity index (χ3n) is 3.16. The molecule has 2 rings (SSSR count). The molecule has 2 heterocycles. The minimum absolute atomic E-state index is 0.0717. The lowest BCUT2D eigenvalue weighted by molar-refractivity contribution is 0.0442. The van der Waals surface area contributed by atoms with Gasteiger partial charge >= 0.3 is 0 Å². The molecule has 0 aromatic carbocycles. The first-order valence-electron chi connectivity index (χ1n) is 5.63. The van der Waals surface area contributed by atoms with E-state index in [4.69, 9.17) is 4.74 Å². The highest BCUT2D eigenvalue weighted by Crippen LogP contribution is 2.23. The number of amides is 1. The third-order valence-corrected chi connectivity index (χ3v) is 4.23. The van der Waals surface area contributed by atoms with Crippen molar-refractivity contribution in [1.29, 1.82) is 0 Å². The number of hydrogen-bond donors (Lipinski definition) is 2. The predicted molar refractivity (Wildman–Crippen MR) is 67.4 cm³/mol. The molecule has 1 aliphatic heterocycles. The number of halogens is 1. The van der Waals surface area contributed by atoms with Crippen LogP contribution in [0.3, 0.4) is 0 Å². The van der Waals surface area contributed by atoms with Crippen LogP contribution in [-0.2, 0) is 4.74 Å². The third kappa shape index (κ3) is 2.69. The number of nitrogens with one attached hydrogen (secondary N) is 2. The van der Waals surface area contributed by atoms with Gasteiger partial charge in [-0.05, 0) is 19.8 Å². The van der Waals surface area contributed by atoms with Gasteiger partial charge in [-0.2, -0.15) is 5.10 Å². The van der Waals surface area contributed by atoms with E-state index in [1.54, 1.807) is 6.20 Å². The van der Waals surface area contributed by atoms with Crippen molar-refractivity contribution in [3.63, 3.8) is 0 Å². The summed E-state index contributed by atoms with van der Waals surface area (Å²) in [5.41, 5.74) is 1.20. The Morgan fingerprint density at radius 3 is 2.88 bits per heavy atom. The Morgan fingerprint density at radius 2 is 2.35 bits per heavy atom. The summed E-state index contributed by atoms with van der Waals surface area (Å²) in [6.45, 7) is 3.22. The number of aromatic amines is 1. The summed E-state index contributed by atoms with van der Waals surface area (Å²) in [5, 5.41) is 10.5. The van der Waals surface area contributed by atoms with Gasteiger partial charge in [-0.1, -0.05) is 15.9 Å². The molecule has 2 N–H and O–H groups in total. The molecule has 0 radical (unpaired) electrons. The Morgan fingerprint density at radius 1 is 1.65 bits per heavy atom. The number of alkyl halides is 1. The molecule has 0 saturated carbocycles. The fraction of sp³-hybridized carbons (Fsp3) is 0.636. The molecular formula is C11H16BrN3O2. The second-order valence-corrected chi connectivity index (χ2v) is 4.95. The predicted octanol–water partition coefficient (Wildman–Crippen LogP) is 1.39. The SMILES string of the molecule is Cc1[nH]ncc1C(=O)NC1(CBr)CCOCC1. The van der Waals surface area contributed by atoms with Crippen molar-refractivity contribution in [3.8, 4) is 0 Å². The zero-order chi connectivity index (χ0) is 12.3. The first kappa shape index (κ1) is 12.6. The number of hydrogen-bond acceptors (Lipinski definition) is 3. The molecular weight excluding hydrogens is 286 g/mol. The molecule has 1 fully saturated rings. The number of rotatable bonds is 3. The van der Waals surface area contributed by atoms with Gasteiger partial charge in [0.1, 0.15) is 0 Å². The number of nitrogens with zero attached hydrogens (tertiary/aromatic N) is 1. The van der Waals surface area contributed by atoms with Crippen molar-refractivity contribution in [2.45, 2.75) is 25.3 Å². The van der Waals surface area contributed by atoms with Crippen LogP contribution in [0.25, 0.3) is 0 Å². The summed E-state index contributed by atoms with van der Waals surface area (Å²) >= 11 is 3.48. The molecule has 1 aromatic heterocycles. The number of H-pyrrole nitrogens is 1. The maximum Gasteiger partial charge on any atom is 0.255 e. The van der Waals surface area contributed by atoms with Gasteiger partial charge in [0.25, 0.3) is 5.91 Å². The zero-order valence-electron chi connectivity index (χ0n) is 9.75. The Bertz CT molecular complexity index is 399. The molecule has 0 unspecified atom stereocenters. The molecule has 94 valence electrons. The van der Waals surface area contributed by atoms with E-state index in [2.05, 4.69) is 31.4 Å². The fourth-order valence-corrected chi connectivity index (χ4v) is 2.64. The van der Waals surface area contributed by atoms with Crippen molar-refractivity contribution in [3.05, 3.63) is 17.5 Å². The van der Waals surface area contributed by atoms with Crippen molar-refractivity contribution < 1.29 is 9.53 Å². The lowest BCUT2D eigenvalue weighted by Crippen LogP contribution is -2.53. The van der Waals surface area contributed by atoms with Crippen molar-refractivity contribution in [2.75, 3.05) is 18.5 Å². The quantitative estimate of drug-likeness (QED) is 0.829. The Labute approximate surface area is 108 Å². The Balaban J connectivity index is 2.08. The van der Waals surface area contributed by atoms with Crippen molar-refractivity contribution in [2.24, 2.45) is 0 Å². The molecule has 0 spiro atoms. The number of aryl methyl sites for hydroxylation is 1. The largest absolute Gasteiger partial charge is 0.381 e. The van der Waals surface area contributed by atoms with Crippen LogP contribution in [0.5, 0.6) is 0 Å². The van der Waals surface area contributed by atoms with Gasteiger partial charge in [-0.15, -0.1) is 0 Å². The van der Waals surface area contributed by atoms with Crippen LogP contribution in [0.4, 0.5) is 0 Å².